The number of nitrogens with one attached hydrogen (secondary N) is 1. The lowest BCUT2D eigenvalue weighted by Crippen LogP contribution is -2.29. The van der Waals surface area contributed by atoms with Crippen molar-refractivity contribution in [2.75, 3.05) is 6.54 Å². The third-order valence-electron chi connectivity index (χ3n) is 1.38. The summed E-state index contributed by atoms with van der Waals surface area (Å²) >= 11 is 0. The Morgan fingerprint density at radius 2 is 2.00 bits per heavy atom. The second kappa shape index (κ2) is 4.77. The average Bonchev–Trinajstić information content (AvgIpc) is 1.82. The monoisotopic (exact) mass is 129 g/mol. The van der Waals surface area contributed by atoms with Crippen molar-refractivity contribution in [1.29, 1.82) is 0 Å². The second-order valence-corrected chi connectivity index (χ2v) is 2.64. The van der Waals surface area contributed by atoms with Crippen molar-refractivity contribution in [3.05, 3.63) is 0 Å². The van der Waals surface area contributed by atoms with Crippen molar-refractivity contribution in [1.82, 2.24) is 10.9 Å². The summed E-state index contributed by atoms with van der Waals surface area (Å²) in [6, 6.07) is 0.372. The molecule has 55 valence electrons. The molecule has 0 rings (SSSR count). The highest BCUT2D eigenvalue weighted by molar-refractivity contribution is 4.52. The van der Waals surface area contributed by atoms with Crippen LogP contribution in [-0.2, 0) is 0 Å². The molecule has 0 amide bonds. The lowest BCUT2D eigenvalue weighted by atomic mass is 10.3. The molecule has 2 heteroatoms. The van der Waals surface area contributed by atoms with Gasteiger partial charge in [0.05, 0.1) is 0 Å². The Kier molecular flexibility index (Phi) is 4.72. The summed E-state index contributed by atoms with van der Waals surface area (Å²) in [7, 11) is 0. The Labute approximate surface area is 58.0 Å². The molecule has 9 heavy (non-hydrogen) atoms. The summed E-state index contributed by atoms with van der Waals surface area (Å²) in [5.41, 5.74) is 0. The molecule has 1 radical (unpaired) electrons. The summed E-state index contributed by atoms with van der Waals surface area (Å²) in [4.78, 5) is 0. The molecule has 0 saturated carbocycles. The van der Waals surface area contributed by atoms with Crippen molar-refractivity contribution in [2.45, 2.75) is 39.7 Å². The van der Waals surface area contributed by atoms with Gasteiger partial charge in [-0.15, -0.1) is 0 Å². The maximum atomic E-state index is 7.36. The maximum absolute atomic E-state index is 7.36. The highest BCUT2D eigenvalue weighted by atomic mass is 15.4. The van der Waals surface area contributed by atoms with Crippen LogP contribution < -0.4 is 5.84 Å². The molecule has 0 unspecified atom stereocenters. The smallest absolute Gasteiger partial charge is 0.0200 e. The van der Waals surface area contributed by atoms with Gasteiger partial charge in [-0.2, -0.15) is 5.84 Å². The van der Waals surface area contributed by atoms with E-state index in [4.69, 9.17) is 5.84 Å². The SMILES string of the molecule is CCCCN([NH])C(C)C. The van der Waals surface area contributed by atoms with E-state index in [2.05, 4.69) is 6.92 Å². The fraction of sp³-hybridized carbons (Fsp3) is 1.00. The standard InChI is InChI=1S/C7H17N2/c1-4-5-6-9(8)7(2)3/h7-8H,4-6H2,1-3H3. The molecule has 0 aliphatic carbocycles. The van der Waals surface area contributed by atoms with Crippen LogP contribution in [0.1, 0.15) is 33.6 Å². The molecule has 0 aliphatic heterocycles. The molecule has 0 atom stereocenters. The number of hydrogen-bond donors (Lipinski definition) is 0. The van der Waals surface area contributed by atoms with Gasteiger partial charge in [0, 0.05) is 12.6 Å². The van der Waals surface area contributed by atoms with Gasteiger partial charge in [0.15, 0.2) is 0 Å². The Morgan fingerprint density at radius 1 is 1.44 bits per heavy atom. The van der Waals surface area contributed by atoms with Crippen LogP contribution in [0.3, 0.4) is 0 Å². The van der Waals surface area contributed by atoms with E-state index < -0.39 is 0 Å². The van der Waals surface area contributed by atoms with Crippen LogP contribution in [0.5, 0.6) is 0 Å². The topological polar surface area (TPSA) is 27.0 Å². The molecule has 1 N–H and O–H groups in total. The molecule has 0 heterocycles. The Balaban J connectivity index is 3.16. The first-order valence-corrected chi connectivity index (χ1v) is 3.66. The van der Waals surface area contributed by atoms with Crippen LogP contribution in [0, 0.1) is 0 Å². The minimum absolute atomic E-state index is 0.372. The molecule has 0 bridgehead atoms. The fourth-order valence-electron chi connectivity index (χ4n) is 0.587. The predicted octanol–water partition coefficient (Wildman–Crippen LogP) is 1.69. The lowest BCUT2D eigenvalue weighted by Gasteiger charge is -2.17. The molecule has 0 fully saturated rings. The first-order valence-electron chi connectivity index (χ1n) is 3.66. The van der Waals surface area contributed by atoms with Gasteiger partial charge in [-0.25, -0.2) is 5.01 Å². The largest absolute Gasteiger partial charge is 0.227 e. The van der Waals surface area contributed by atoms with E-state index in [1.165, 1.54) is 6.42 Å². The number of hydrogen-bond acceptors (Lipinski definition) is 1. The van der Waals surface area contributed by atoms with E-state index >= 15 is 0 Å². The first-order chi connectivity index (χ1) is 4.18. The van der Waals surface area contributed by atoms with Crippen LogP contribution in [-0.4, -0.2) is 17.6 Å². The minimum atomic E-state index is 0.372. The van der Waals surface area contributed by atoms with Gasteiger partial charge in [-0.1, -0.05) is 13.3 Å². The molecule has 0 aromatic heterocycles. The third-order valence-corrected chi connectivity index (χ3v) is 1.38. The Bertz CT molecular complexity index is 61.9. The molecular formula is C7H17N2. The summed E-state index contributed by atoms with van der Waals surface area (Å²) in [5, 5.41) is 1.63. The summed E-state index contributed by atoms with van der Waals surface area (Å²) in [5.74, 6) is 7.36. The van der Waals surface area contributed by atoms with E-state index in [1.54, 1.807) is 5.01 Å². The molecular weight excluding hydrogens is 112 g/mol. The second-order valence-electron chi connectivity index (χ2n) is 2.64. The normalized spacial score (nSPS) is 11.3. The molecule has 0 aromatic rings. The highest BCUT2D eigenvalue weighted by Gasteiger charge is 2.01. The summed E-state index contributed by atoms with van der Waals surface area (Å²) < 4.78 is 0. The van der Waals surface area contributed by atoms with Gasteiger partial charge in [0.25, 0.3) is 0 Å². The van der Waals surface area contributed by atoms with E-state index in [0.29, 0.717) is 6.04 Å². The lowest BCUT2D eigenvalue weighted by molar-refractivity contribution is 0.209. The van der Waals surface area contributed by atoms with Crippen LogP contribution in [0.25, 0.3) is 0 Å². The number of rotatable bonds is 4. The quantitative estimate of drug-likeness (QED) is 0.531. The Hall–Kier alpha value is -0.0800. The van der Waals surface area contributed by atoms with Crippen LogP contribution in [0.15, 0.2) is 0 Å². The Morgan fingerprint density at radius 3 is 2.33 bits per heavy atom. The highest BCUT2D eigenvalue weighted by Crippen LogP contribution is 1.95. The van der Waals surface area contributed by atoms with Crippen molar-refractivity contribution in [2.24, 2.45) is 0 Å². The summed E-state index contributed by atoms with van der Waals surface area (Å²) in [6.45, 7) is 7.15. The van der Waals surface area contributed by atoms with E-state index in [0.717, 1.165) is 13.0 Å². The molecule has 2 nitrogen and oxygen atoms in total. The van der Waals surface area contributed by atoms with Crippen LogP contribution in [0.4, 0.5) is 0 Å². The van der Waals surface area contributed by atoms with Crippen molar-refractivity contribution in [3.8, 4) is 0 Å². The molecule has 0 spiro atoms. The van der Waals surface area contributed by atoms with Gasteiger partial charge in [0.2, 0.25) is 0 Å². The third kappa shape index (κ3) is 4.43. The number of unbranched alkanes of at least 4 members (excludes halogenated alkanes) is 1. The minimum Gasteiger partial charge on any atom is -0.227 e. The maximum Gasteiger partial charge on any atom is 0.0200 e. The van der Waals surface area contributed by atoms with Crippen LogP contribution >= 0.6 is 0 Å². The molecule has 0 aliphatic rings. The van der Waals surface area contributed by atoms with Crippen LogP contribution in [0.2, 0.25) is 0 Å². The van der Waals surface area contributed by atoms with Crippen molar-refractivity contribution < 1.29 is 0 Å². The van der Waals surface area contributed by atoms with Gasteiger partial charge in [-0.05, 0) is 20.3 Å². The van der Waals surface area contributed by atoms with E-state index in [-0.39, 0.29) is 0 Å². The van der Waals surface area contributed by atoms with Crippen molar-refractivity contribution >= 4 is 0 Å². The number of nitrogens with zero attached hydrogens (tertiary/aromatic N) is 1. The van der Waals surface area contributed by atoms with Gasteiger partial charge < -0.3 is 0 Å². The zero-order chi connectivity index (χ0) is 7.28. The predicted molar refractivity (Wildman–Crippen MR) is 39.8 cm³/mol. The van der Waals surface area contributed by atoms with E-state index in [1.807, 2.05) is 13.8 Å². The zero-order valence-electron chi connectivity index (χ0n) is 6.65. The van der Waals surface area contributed by atoms with Gasteiger partial charge in [-0.3, -0.25) is 0 Å². The molecule has 0 aromatic carbocycles. The van der Waals surface area contributed by atoms with Crippen molar-refractivity contribution in [3.63, 3.8) is 0 Å². The fourth-order valence-corrected chi connectivity index (χ4v) is 0.587. The average molecular weight is 129 g/mol. The molecule has 0 saturated heterocycles. The zero-order valence-corrected chi connectivity index (χ0v) is 6.65. The summed E-state index contributed by atoms with van der Waals surface area (Å²) in [6.07, 6.45) is 2.32. The first kappa shape index (κ1) is 8.92. The van der Waals surface area contributed by atoms with E-state index in [9.17, 15) is 0 Å². The van der Waals surface area contributed by atoms with Gasteiger partial charge >= 0.3 is 0 Å². The van der Waals surface area contributed by atoms with Gasteiger partial charge in [0.1, 0.15) is 0 Å².